The van der Waals surface area contributed by atoms with E-state index >= 15 is 0 Å². The van der Waals surface area contributed by atoms with Gasteiger partial charge in [-0.1, -0.05) is 13.0 Å². The molecular formula is C20H35IN6O. The van der Waals surface area contributed by atoms with Gasteiger partial charge in [0.15, 0.2) is 5.96 Å². The van der Waals surface area contributed by atoms with Crippen LogP contribution < -0.4 is 16.0 Å². The molecule has 0 bridgehead atoms. The smallest absolute Gasteiger partial charge is 0.227 e. The van der Waals surface area contributed by atoms with E-state index in [-0.39, 0.29) is 29.9 Å². The first kappa shape index (κ1) is 24.6. The fourth-order valence-electron chi connectivity index (χ4n) is 3.15. The zero-order valence-electron chi connectivity index (χ0n) is 17.3. The van der Waals surface area contributed by atoms with Crippen LogP contribution in [0.15, 0.2) is 23.3 Å². The minimum Gasteiger partial charge on any atom is -0.357 e. The molecule has 0 aromatic carbocycles. The van der Waals surface area contributed by atoms with Crippen molar-refractivity contribution in [2.24, 2.45) is 4.99 Å². The van der Waals surface area contributed by atoms with Gasteiger partial charge in [-0.15, -0.1) is 24.0 Å². The summed E-state index contributed by atoms with van der Waals surface area (Å²) in [7, 11) is 0. The molecule has 3 N–H and O–H groups in total. The Morgan fingerprint density at radius 3 is 2.64 bits per heavy atom. The van der Waals surface area contributed by atoms with Gasteiger partial charge >= 0.3 is 0 Å². The van der Waals surface area contributed by atoms with Gasteiger partial charge in [-0.3, -0.25) is 9.79 Å². The zero-order chi connectivity index (χ0) is 19.5. The average Bonchev–Trinajstić information content (AvgIpc) is 2.65. The van der Waals surface area contributed by atoms with Crippen molar-refractivity contribution < 1.29 is 4.79 Å². The highest BCUT2D eigenvalue weighted by molar-refractivity contribution is 14.0. The second kappa shape index (κ2) is 13.7. The predicted molar refractivity (Wildman–Crippen MR) is 127 cm³/mol. The third-order valence-electron chi connectivity index (χ3n) is 4.60. The van der Waals surface area contributed by atoms with Crippen molar-refractivity contribution >= 4 is 41.7 Å². The molecule has 1 aromatic heterocycles. The number of nitrogens with zero attached hydrogens (tertiary/aromatic N) is 3. The molecule has 2 heterocycles. The van der Waals surface area contributed by atoms with Crippen molar-refractivity contribution in [3.05, 3.63) is 23.9 Å². The van der Waals surface area contributed by atoms with Crippen LogP contribution in [0.4, 0.5) is 5.82 Å². The first-order chi connectivity index (χ1) is 13.1. The number of piperidine rings is 1. The standard InChI is InChI=1S/C20H34N6O.HI/c1-4-12-26-13-9-17(10-14-26)24-20(21-5-2)22-11-8-19(27)25-18-7-6-16(3)15-23-18;/h6-7,15,17H,4-5,8-14H2,1-3H3,(H2,21,22,24)(H,23,25,27);1H. The van der Waals surface area contributed by atoms with Gasteiger partial charge in [-0.25, -0.2) is 4.98 Å². The number of anilines is 1. The fraction of sp³-hybridized carbons (Fsp3) is 0.650. The van der Waals surface area contributed by atoms with Crippen molar-refractivity contribution in [1.82, 2.24) is 20.5 Å². The average molecular weight is 502 g/mol. The number of aliphatic imine (C=N–C) groups is 1. The third-order valence-corrected chi connectivity index (χ3v) is 4.60. The van der Waals surface area contributed by atoms with E-state index in [0.717, 1.165) is 44.0 Å². The van der Waals surface area contributed by atoms with Crippen LogP contribution in [-0.4, -0.2) is 60.5 Å². The fourth-order valence-corrected chi connectivity index (χ4v) is 3.15. The second-order valence-electron chi connectivity index (χ2n) is 7.04. The molecule has 2 rings (SSSR count). The minimum absolute atomic E-state index is 0. The van der Waals surface area contributed by atoms with Crippen LogP contribution in [0.25, 0.3) is 0 Å². The molecule has 0 atom stereocenters. The molecule has 0 saturated carbocycles. The first-order valence-corrected chi connectivity index (χ1v) is 10.1. The van der Waals surface area contributed by atoms with Gasteiger partial charge in [-0.2, -0.15) is 0 Å². The lowest BCUT2D eigenvalue weighted by Gasteiger charge is -2.32. The van der Waals surface area contributed by atoms with E-state index in [1.807, 2.05) is 19.1 Å². The Labute approximate surface area is 186 Å². The number of halogens is 1. The number of nitrogens with one attached hydrogen (secondary N) is 3. The molecule has 7 nitrogen and oxygen atoms in total. The van der Waals surface area contributed by atoms with Crippen molar-refractivity contribution in [3.63, 3.8) is 0 Å². The summed E-state index contributed by atoms with van der Waals surface area (Å²) in [5, 5.41) is 9.60. The highest BCUT2D eigenvalue weighted by Gasteiger charge is 2.19. The highest BCUT2D eigenvalue weighted by atomic mass is 127. The maximum Gasteiger partial charge on any atom is 0.227 e. The number of aryl methyl sites for hydroxylation is 1. The largest absolute Gasteiger partial charge is 0.357 e. The lowest BCUT2D eigenvalue weighted by atomic mass is 10.1. The van der Waals surface area contributed by atoms with E-state index in [1.165, 1.54) is 13.0 Å². The molecule has 0 unspecified atom stereocenters. The van der Waals surface area contributed by atoms with Gasteiger partial charge in [0.25, 0.3) is 0 Å². The molecular weight excluding hydrogens is 467 g/mol. The zero-order valence-corrected chi connectivity index (χ0v) is 19.7. The maximum absolute atomic E-state index is 12.1. The van der Waals surface area contributed by atoms with E-state index in [4.69, 9.17) is 0 Å². The van der Waals surface area contributed by atoms with Gasteiger partial charge < -0.3 is 20.9 Å². The van der Waals surface area contributed by atoms with Crippen LogP contribution in [0.2, 0.25) is 0 Å². The summed E-state index contributed by atoms with van der Waals surface area (Å²) < 4.78 is 0. The van der Waals surface area contributed by atoms with E-state index < -0.39 is 0 Å². The summed E-state index contributed by atoms with van der Waals surface area (Å²) in [5.74, 6) is 1.31. The first-order valence-electron chi connectivity index (χ1n) is 10.1. The third kappa shape index (κ3) is 9.18. The molecule has 158 valence electrons. The summed E-state index contributed by atoms with van der Waals surface area (Å²) in [6.45, 7) is 11.0. The Hall–Kier alpha value is -1.42. The molecule has 1 aliphatic rings. The van der Waals surface area contributed by atoms with Crippen LogP contribution in [0.1, 0.15) is 45.1 Å². The number of hydrogen-bond donors (Lipinski definition) is 3. The van der Waals surface area contributed by atoms with Gasteiger partial charge in [0.2, 0.25) is 5.91 Å². The Bertz CT molecular complexity index is 599. The highest BCUT2D eigenvalue weighted by Crippen LogP contribution is 2.10. The molecule has 8 heteroatoms. The number of amides is 1. The molecule has 1 fully saturated rings. The normalized spacial score (nSPS) is 15.6. The van der Waals surface area contributed by atoms with E-state index in [2.05, 4.69) is 44.7 Å². The lowest BCUT2D eigenvalue weighted by Crippen LogP contribution is -2.48. The van der Waals surface area contributed by atoms with Gasteiger partial charge in [0.05, 0.1) is 6.54 Å². The van der Waals surface area contributed by atoms with E-state index in [1.54, 1.807) is 6.20 Å². The number of carbonyl (C=O) groups is 1. The number of likely N-dealkylation sites (tertiary alicyclic amines) is 1. The number of rotatable bonds is 8. The molecule has 0 spiro atoms. The van der Waals surface area contributed by atoms with Crippen LogP contribution in [-0.2, 0) is 4.79 Å². The van der Waals surface area contributed by atoms with Crippen LogP contribution in [0.3, 0.4) is 0 Å². The topological polar surface area (TPSA) is 81.7 Å². The number of aromatic nitrogens is 1. The molecule has 0 aliphatic carbocycles. The second-order valence-corrected chi connectivity index (χ2v) is 7.04. The van der Waals surface area contributed by atoms with Crippen molar-refractivity contribution in [3.8, 4) is 0 Å². The molecule has 1 saturated heterocycles. The summed E-state index contributed by atoms with van der Waals surface area (Å²) in [6, 6.07) is 4.19. The molecule has 1 aliphatic heterocycles. The number of pyridine rings is 1. The van der Waals surface area contributed by atoms with Gasteiger partial charge in [0, 0.05) is 38.3 Å². The molecule has 0 radical (unpaired) electrons. The van der Waals surface area contributed by atoms with Crippen molar-refractivity contribution in [2.45, 2.75) is 52.5 Å². The molecule has 28 heavy (non-hydrogen) atoms. The monoisotopic (exact) mass is 502 g/mol. The Morgan fingerprint density at radius 1 is 1.29 bits per heavy atom. The summed E-state index contributed by atoms with van der Waals surface area (Å²) in [6.07, 6.45) is 5.55. The quantitative estimate of drug-likeness (QED) is 0.290. The van der Waals surface area contributed by atoms with Crippen LogP contribution in [0.5, 0.6) is 0 Å². The number of guanidine groups is 1. The van der Waals surface area contributed by atoms with E-state index in [0.29, 0.717) is 24.8 Å². The Balaban J connectivity index is 0.00000392. The SMILES string of the molecule is CCCN1CCC(NC(=NCCC(=O)Nc2ccc(C)cn2)NCC)CC1.I. The number of carbonyl (C=O) groups excluding carboxylic acids is 1. The Kier molecular flexibility index (Phi) is 12.1. The molecule has 1 aromatic rings. The van der Waals surface area contributed by atoms with Gasteiger partial charge in [0.1, 0.15) is 5.82 Å². The predicted octanol–water partition coefficient (Wildman–Crippen LogP) is 2.77. The summed E-state index contributed by atoms with van der Waals surface area (Å²) >= 11 is 0. The Morgan fingerprint density at radius 2 is 2.04 bits per heavy atom. The van der Waals surface area contributed by atoms with Crippen LogP contribution >= 0.6 is 24.0 Å². The summed E-state index contributed by atoms with van der Waals surface area (Å²) in [5.41, 5.74) is 1.07. The van der Waals surface area contributed by atoms with Crippen molar-refractivity contribution in [2.75, 3.05) is 38.0 Å². The maximum atomic E-state index is 12.1. The number of hydrogen-bond acceptors (Lipinski definition) is 4. The van der Waals surface area contributed by atoms with E-state index in [9.17, 15) is 4.79 Å². The van der Waals surface area contributed by atoms with Gasteiger partial charge in [-0.05, 0) is 51.3 Å². The van der Waals surface area contributed by atoms with Crippen molar-refractivity contribution in [1.29, 1.82) is 0 Å². The minimum atomic E-state index is -0.0705. The van der Waals surface area contributed by atoms with Crippen LogP contribution in [0, 0.1) is 6.92 Å². The lowest BCUT2D eigenvalue weighted by molar-refractivity contribution is -0.116. The molecule has 1 amide bonds. The summed E-state index contributed by atoms with van der Waals surface area (Å²) in [4.78, 5) is 23.3.